The second kappa shape index (κ2) is 4.70. The van der Waals surface area contributed by atoms with E-state index in [0.29, 0.717) is 23.0 Å². The highest BCUT2D eigenvalue weighted by Crippen LogP contribution is 2.11. The van der Waals surface area contributed by atoms with Crippen molar-refractivity contribution in [2.45, 2.75) is 0 Å². The number of carbonyl (C=O) groups excluding carboxylic acids is 2. The Morgan fingerprint density at radius 2 is 1.71 bits per heavy atom. The molecule has 2 nitrogen and oxygen atoms in total. The van der Waals surface area contributed by atoms with Crippen molar-refractivity contribution in [3.63, 3.8) is 0 Å². The number of halogens is 1. The van der Waals surface area contributed by atoms with Crippen LogP contribution in [0.3, 0.4) is 0 Å². The van der Waals surface area contributed by atoms with E-state index >= 15 is 0 Å². The molecular weight excluding hydrogens is 219 g/mol. The smallest absolute Gasteiger partial charge is 0.193 e. The fraction of sp³-hybridized carbons (Fsp3) is 0. The highest BCUT2D eigenvalue weighted by Gasteiger charge is 2.09. The summed E-state index contributed by atoms with van der Waals surface area (Å²) in [5.41, 5.74) is 1.23. The summed E-state index contributed by atoms with van der Waals surface area (Å²) in [7, 11) is 0. The van der Waals surface area contributed by atoms with E-state index in [9.17, 15) is 14.0 Å². The molecular formula is C14H9FO2. The van der Waals surface area contributed by atoms with E-state index in [2.05, 4.69) is 0 Å². The van der Waals surface area contributed by atoms with Gasteiger partial charge in [-0.3, -0.25) is 9.59 Å². The SMILES string of the molecule is O=Cc1ccc(C(=O)c2cccc(F)c2)cc1. The summed E-state index contributed by atoms with van der Waals surface area (Å²) in [6.07, 6.45) is 0.705. The molecule has 0 saturated heterocycles. The zero-order chi connectivity index (χ0) is 12.3. The van der Waals surface area contributed by atoms with Gasteiger partial charge in [0.2, 0.25) is 0 Å². The van der Waals surface area contributed by atoms with E-state index in [1.165, 1.54) is 18.2 Å². The molecule has 0 fully saturated rings. The van der Waals surface area contributed by atoms with Crippen molar-refractivity contribution in [1.29, 1.82) is 0 Å². The van der Waals surface area contributed by atoms with E-state index in [4.69, 9.17) is 0 Å². The third-order valence-electron chi connectivity index (χ3n) is 2.40. The minimum absolute atomic E-state index is 0.262. The molecule has 0 radical (unpaired) electrons. The molecule has 0 aliphatic rings. The zero-order valence-electron chi connectivity index (χ0n) is 8.89. The Labute approximate surface area is 97.7 Å². The quantitative estimate of drug-likeness (QED) is 0.598. The Balaban J connectivity index is 2.33. The number of ketones is 1. The maximum Gasteiger partial charge on any atom is 0.193 e. The summed E-state index contributed by atoms with van der Waals surface area (Å²) in [6.45, 7) is 0. The Hall–Kier alpha value is -2.29. The van der Waals surface area contributed by atoms with E-state index in [-0.39, 0.29) is 5.78 Å². The molecule has 0 aliphatic carbocycles. The number of carbonyl (C=O) groups is 2. The zero-order valence-corrected chi connectivity index (χ0v) is 8.89. The van der Waals surface area contributed by atoms with Gasteiger partial charge in [0.1, 0.15) is 12.1 Å². The maximum absolute atomic E-state index is 13.0. The average molecular weight is 228 g/mol. The molecule has 0 aromatic heterocycles. The summed E-state index contributed by atoms with van der Waals surface area (Å²) in [5, 5.41) is 0. The summed E-state index contributed by atoms with van der Waals surface area (Å²) in [4.78, 5) is 22.4. The van der Waals surface area contributed by atoms with Gasteiger partial charge in [0.05, 0.1) is 0 Å². The predicted octanol–water partition coefficient (Wildman–Crippen LogP) is 2.87. The van der Waals surface area contributed by atoms with Crippen LogP contribution in [0.2, 0.25) is 0 Å². The number of hydrogen-bond acceptors (Lipinski definition) is 2. The summed E-state index contributed by atoms with van der Waals surface area (Å²) in [6, 6.07) is 11.7. The molecule has 0 N–H and O–H groups in total. The lowest BCUT2D eigenvalue weighted by molar-refractivity contribution is 0.103. The van der Waals surface area contributed by atoms with Crippen molar-refractivity contribution in [2.24, 2.45) is 0 Å². The summed E-state index contributed by atoms with van der Waals surface area (Å²) < 4.78 is 13.0. The molecule has 84 valence electrons. The first kappa shape index (κ1) is 11.2. The average Bonchev–Trinajstić information content (AvgIpc) is 2.38. The van der Waals surface area contributed by atoms with Gasteiger partial charge < -0.3 is 0 Å². The fourth-order valence-corrected chi connectivity index (χ4v) is 1.51. The van der Waals surface area contributed by atoms with Gasteiger partial charge in [-0.1, -0.05) is 36.4 Å². The van der Waals surface area contributed by atoms with Crippen LogP contribution in [-0.2, 0) is 0 Å². The Kier molecular flexibility index (Phi) is 3.10. The monoisotopic (exact) mass is 228 g/mol. The van der Waals surface area contributed by atoms with Gasteiger partial charge in [-0.2, -0.15) is 0 Å². The number of rotatable bonds is 3. The molecule has 0 unspecified atom stereocenters. The van der Waals surface area contributed by atoms with Gasteiger partial charge in [0, 0.05) is 16.7 Å². The molecule has 2 aromatic rings. The molecule has 0 atom stereocenters. The molecule has 17 heavy (non-hydrogen) atoms. The summed E-state index contributed by atoms with van der Waals surface area (Å²) >= 11 is 0. The van der Waals surface area contributed by atoms with Crippen molar-refractivity contribution in [3.05, 3.63) is 71.0 Å². The third kappa shape index (κ3) is 2.45. The fourth-order valence-electron chi connectivity index (χ4n) is 1.51. The van der Waals surface area contributed by atoms with Crippen LogP contribution >= 0.6 is 0 Å². The highest BCUT2D eigenvalue weighted by molar-refractivity contribution is 6.09. The second-order valence-electron chi connectivity index (χ2n) is 3.58. The minimum atomic E-state index is -0.444. The van der Waals surface area contributed by atoms with Crippen molar-refractivity contribution < 1.29 is 14.0 Å². The molecule has 0 aliphatic heterocycles. The van der Waals surface area contributed by atoms with E-state index < -0.39 is 5.82 Å². The van der Waals surface area contributed by atoms with Crippen molar-refractivity contribution in [1.82, 2.24) is 0 Å². The van der Waals surface area contributed by atoms with Gasteiger partial charge in [-0.15, -0.1) is 0 Å². The number of aldehydes is 1. The van der Waals surface area contributed by atoms with E-state index in [1.54, 1.807) is 30.3 Å². The van der Waals surface area contributed by atoms with Crippen LogP contribution < -0.4 is 0 Å². The Morgan fingerprint density at radius 3 is 2.29 bits per heavy atom. The number of benzene rings is 2. The summed E-state index contributed by atoms with van der Waals surface area (Å²) in [5.74, 6) is -0.706. The molecule has 0 amide bonds. The molecule has 2 aromatic carbocycles. The molecule has 0 spiro atoms. The van der Waals surface area contributed by atoms with Gasteiger partial charge in [0.25, 0.3) is 0 Å². The van der Waals surface area contributed by atoms with Crippen LogP contribution in [0.25, 0.3) is 0 Å². The lowest BCUT2D eigenvalue weighted by atomic mass is 10.0. The molecule has 2 rings (SSSR count). The Morgan fingerprint density at radius 1 is 1.00 bits per heavy atom. The first-order chi connectivity index (χ1) is 8.20. The predicted molar refractivity (Wildman–Crippen MR) is 61.7 cm³/mol. The molecule has 0 heterocycles. The topological polar surface area (TPSA) is 34.1 Å². The highest BCUT2D eigenvalue weighted by atomic mass is 19.1. The van der Waals surface area contributed by atoms with E-state index in [1.807, 2.05) is 0 Å². The standard InChI is InChI=1S/C14H9FO2/c15-13-3-1-2-12(8-13)14(17)11-6-4-10(9-16)5-7-11/h1-9H. The number of hydrogen-bond donors (Lipinski definition) is 0. The normalized spacial score (nSPS) is 9.94. The van der Waals surface area contributed by atoms with Crippen LogP contribution in [0.4, 0.5) is 4.39 Å². The van der Waals surface area contributed by atoms with Crippen LogP contribution in [0.5, 0.6) is 0 Å². The Bertz CT molecular complexity index is 559. The van der Waals surface area contributed by atoms with Crippen molar-refractivity contribution in [2.75, 3.05) is 0 Å². The van der Waals surface area contributed by atoms with Gasteiger partial charge in [-0.05, 0) is 12.1 Å². The third-order valence-corrected chi connectivity index (χ3v) is 2.40. The largest absolute Gasteiger partial charge is 0.298 e. The second-order valence-corrected chi connectivity index (χ2v) is 3.58. The molecule has 3 heteroatoms. The van der Waals surface area contributed by atoms with E-state index in [0.717, 1.165) is 0 Å². The lowest BCUT2D eigenvalue weighted by Gasteiger charge is -2.01. The van der Waals surface area contributed by atoms with Crippen molar-refractivity contribution in [3.8, 4) is 0 Å². The van der Waals surface area contributed by atoms with Crippen LogP contribution in [0.1, 0.15) is 26.3 Å². The lowest BCUT2D eigenvalue weighted by Crippen LogP contribution is -2.01. The first-order valence-corrected chi connectivity index (χ1v) is 5.06. The van der Waals surface area contributed by atoms with Gasteiger partial charge in [-0.25, -0.2) is 4.39 Å². The molecule has 0 saturated carbocycles. The van der Waals surface area contributed by atoms with Crippen LogP contribution in [-0.4, -0.2) is 12.1 Å². The first-order valence-electron chi connectivity index (χ1n) is 5.06. The van der Waals surface area contributed by atoms with Crippen LogP contribution in [0, 0.1) is 5.82 Å². The maximum atomic E-state index is 13.0. The van der Waals surface area contributed by atoms with Crippen molar-refractivity contribution >= 4 is 12.1 Å². The van der Waals surface area contributed by atoms with Gasteiger partial charge in [0.15, 0.2) is 5.78 Å². The minimum Gasteiger partial charge on any atom is -0.298 e. The van der Waals surface area contributed by atoms with Gasteiger partial charge >= 0.3 is 0 Å². The molecule has 0 bridgehead atoms. The van der Waals surface area contributed by atoms with Crippen LogP contribution in [0.15, 0.2) is 48.5 Å².